The molecular weight excluding hydrogens is 368 g/mol. The van der Waals surface area contributed by atoms with Crippen molar-refractivity contribution in [1.29, 1.82) is 0 Å². The zero-order chi connectivity index (χ0) is 22.6. The van der Waals surface area contributed by atoms with Crippen molar-refractivity contribution in [3.05, 3.63) is 11.6 Å². The van der Waals surface area contributed by atoms with Crippen LogP contribution in [0.2, 0.25) is 0 Å². The first kappa shape index (κ1) is 29.2. The Bertz CT molecular complexity index is 426. The summed E-state index contributed by atoms with van der Waals surface area (Å²) in [6.45, 7) is 10.8. The Morgan fingerprint density at radius 2 is 1.13 bits per heavy atom. The highest BCUT2D eigenvalue weighted by Gasteiger charge is 2.12. The van der Waals surface area contributed by atoms with Crippen LogP contribution < -0.4 is 0 Å². The van der Waals surface area contributed by atoms with Gasteiger partial charge in [-0.15, -0.1) is 0 Å². The van der Waals surface area contributed by atoms with Crippen LogP contribution in [0.4, 0.5) is 0 Å². The maximum Gasteiger partial charge on any atom is 0.330 e. The Hall–Kier alpha value is -0.790. The van der Waals surface area contributed by atoms with Crippen LogP contribution in [0.15, 0.2) is 11.6 Å². The molecule has 0 fully saturated rings. The monoisotopic (exact) mass is 422 g/mol. The molecule has 0 bridgehead atoms. The Kier molecular flexibility index (Phi) is 19.6. The summed E-state index contributed by atoms with van der Waals surface area (Å²) in [5, 5.41) is 9.00. The predicted octanol–water partition coefficient (Wildman–Crippen LogP) is 9.58. The van der Waals surface area contributed by atoms with Crippen LogP contribution in [-0.4, -0.2) is 11.1 Å². The molecule has 0 aromatic heterocycles. The number of carbonyl (C=O) groups is 1. The van der Waals surface area contributed by atoms with Crippen LogP contribution in [0.25, 0.3) is 0 Å². The van der Waals surface area contributed by atoms with Crippen molar-refractivity contribution in [3.8, 4) is 0 Å². The number of allylic oxidation sites excluding steroid dienone is 1. The number of carboxylic acid groups (broad SMARTS) is 1. The van der Waals surface area contributed by atoms with E-state index in [1.807, 2.05) is 6.08 Å². The van der Waals surface area contributed by atoms with Crippen molar-refractivity contribution in [1.82, 2.24) is 0 Å². The minimum Gasteiger partial charge on any atom is -0.478 e. The lowest BCUT2D eigenvalue weighted by molar-refractivity contribution is -0.132. The minimum atomic E-state index is -0.791. The second kappa shape index (κ2) is 20.1. The van der Waals surface area contributed by atoms with Gasteiger partial charge in [0.05, 0.1) is 0 Å². The summed E-state index contributed by atoms with van der Waals surface area (Å²) in [7, 11) is 0. The summed E-state index contributed by atoms with van der Waals surface area (Å²) in [4.78, 5) is 10.9. The van der Waals surface area contributed by atoms with Crippen LogP contribution in [0, 0.1) is 17.8 Å². The van der Waals surface area contributed by atoms with Crippen molar-refractivity contribution in [3.63, 3.8) is 0 Å². The van der Waals surface area contributed by atoms with Crippen LogP contribution in [0.3, 0.4) is 0 Å². The van der Waals surface area contributed by atoms with E-state index in [0.29, 0.717) is 17.4 Å². The number of aliphatic carboxylic acids is 1. The van der Waals surface area contributed by atoms with Crippen molar-refractivity contribution < 1.29 is 9.90 Å². The third-order valence-electron chi connectivity index (χ3n) is 6.50. The van der Waals surface area contributed by atoms with Gasteiger partial charge in [0.1, 0.15) is 0 Å². The molecule has 1 N–H and O–H groups in total. The summed E-state index contributed by atoms with van der Waals surface area (Å²) >= 11 is 0. The van der Waals surface area contributed by atoms with Crippen LogP contribution in [0.1, 0.15) is 144 Å². The quantitative estimate of drug-likeness (QED) is 0.148. The Balaban J connectivity index is 3.51. The first-order valence-corrected chi connectivity index (χ1v) is 13.3. The normalized spacial score (nSPS) is 15.2. The fourth-order valence-corrected chi connectivity index (χ4v) is 4.79. The van der Waals surface area contributed by atoms with E-state index in [1.165, 1.54) is 103 Å². The largest absolute Gasteiger partial charge is 0.478 e. The second-order valence-corrected chi connectivity index (χ2v) is 10.2. The predicted molar refractivity (Wildman–Crippen MR) is 133 cm³/mol. The van der Waals surface area contributed by atoms with Gasteiger partial charge in [0, 0.05) is 5.57 Å². The molecule has 0 rings (SSSR count). The molecule has 0 spiro atoms. The molecule has 0 aliphatic rings. The second-order valence-electron chi connectivity index (χ2n) is 10.2. The molecule has 0 aliphatic heterocycles. The molecule has 0 aliphatic carbocycles. The van der Waals surface area contributed by atoms with Gasteiger partial charge in [-0.2, -0.15) is 0 Å². The summed E-state index contributed by atoms with van der Waals surface area (Å²) in [5.41, 5.74) is 0.477. The van der Waals surface area contributed by atoms with Gasteiger partial charge in [0.2, 0.25) is 0 Å². The van der Waals surface area contributed by atoms with Crippen molar-refractivity contribution in [2.45, 2.75) is 144 Å². The summed E-state index contributed by atoms with van der Waals surface area (Å²) < 4.78 is 0. The van der Waals surface area contributed by atoms with Gasteiger partial charge in [-0.1, -0.05) is 130 Å². The maximum atomic E-state index is 10.9. The van der Waals surface area contributed by atoms with E-state index in [0.717, 1.165) is 12.3 Å². The molecule has 2 heteroatoms. The third-order valence-corrected chi connectivity index (χ3v) is 6.50. The highest BCUT2D eigenvalue weighted by atomic mass is 16.4. The lowest BCUT2D eigenvalue weighted by atomic mass is 9.87. The molecule has 0 radical (unpaired) electrons. The van der Waals surface area contributed by atoms with Crippen molar-refractivity contribution in [2.24, 2.45) is 17.8 Å². The highest BCUT2D eigenvalue weighted by molar-refractivity contribution is 5.85. The lowest BCUT2D eigenvalue weighted by Crippen LogP contribution is -2.08. The summed E-state index contributed by atoms with van der Waals surface area (Å²) in [6.07, 6.45) is 25.6. The lowest BCUT2D eigenvalue weighted by Gasteiger charge is -2.19. The number of carboxylic acids is 1. The van der Waals surface area contributed by atoms with Gasteiger partial charge < -0.3 is 5.11 Å². The molecule has 30 heavy (non-hydrogen) atoms. The molecule has 0 aromatic rings. The molecule has 0 aromatic carbocycles. The van der Waals surface area contributed by atoms with E-state index in [1.54, 1.807) is 6.92 Å². The SMILES string of the molecule is CCCCCCCCCCCCCCCC[C@H](C)C[C@H](C)C[C@H](C)/C=C(\C)C(=O)O. The Morgan fingerprint density at radius 3 is 1.57 bits per heavy atom. The van der Waals surface area contributed by atoms with Gasteiger partial charge in [-0.3, -0.25) is 0 Å². The number of unbranched alkanes of at least 4 members (excludes halogenated alkanes) is 13. The third kappa shape index (κ3) is 19.2. The van der Waals surface area contributed by atoms with Crippen LogP contribution >= 0.6 is 0 Å². The summed E-state index contributed by atoms with van der Waals surface area (Å²) in [6, 6.07) is 0. The molecule has 0 saturated carbocycles. The maximum absolute atomic E-state index is 10.9. The molecule has 0 heterocycles. The van der Waals surface area contributed by atoms with E-state index in [-0.39, 0.29) is 0 Å². The van der Waals surface area contributed by atoms with Crippen molar-refractivity contribution >= 4 is 5.97 Å². The van der Waals surface area contributed by atoms with E-state index in [2.05, 4.69) is 27.7 Å². The minimum absolute atomic E-state index is 0.351. The first-order chi connectivity index (χ1) is 14.4. The number of hydrogen-bond acceptors (Lipinski definition) is 1. The average molecular weight is 423 g/mol. The van der Waals surface area contributed by atoms with Gasteiger partial charge in [-0.05, 0) is 37.5 Å². The number of hydrogen-bond donors (Lipinski definition) is 1. The van der Waals surface area contributed by atoms with Crippen molar-refractivity contribution in [2.75, 3.05) is 0 Å². The van der Waals surface area contributed by atoms with E-state index >= 15 is 0 Å². The standard InChI is InChI=1S/C28H54O2/c1-6-7-8-9-10-11-12-13-14-15-16-17-18-19-20-24(2)21-25(3)22-26(4)23-27(5)28(29)30/h23-26H,6-22H2,1-5H3,(H,29,30)/b27-23+/t24-,25-,26-/m0/s1. The average Bonchev–Trinajstić information content (AvgIpc) is 2.67. The van der Waals surface area contributed by atoms with Gasteiger partial charge >= 0.3 is 5.97 Å². The molecule has 0 saturated heterocycles. The molecule has 178 valence electrons. The van der Waals surface area contributed by atoms with Gasteiger partial charge in [0.25, 0.3) is 0 Å². The number of rotatable bonds is 21. The Labute approximate surface area is 189 Å². The molecule has 3 atom stereocenters. The molecule has 0 unspecified atom stereocenters. The van der Waals surface area contributed by atoms with Gasteiger partial charge in [-0.25, -0.2) is 4.79 Å². The fraction of sp³-hybridized carbons (Fsp3) is 0.893. The topological polar surface area (TPSA) is 37.3 Å². The van der Waals surface area contributed by atoms with E-state index in [9.17, 15) is 4.79 Å². The van der Waals surface area contributed by atoms with Crippen LogP contribution in [0.5, 0.6) is 0 Å². The first-order valence-electron chi connectivity index (χ1n) is 13.3. The molecule has 0 amide bonds. The Morgan fingerprint density at radius 1 is 0.700 bits per heavy atom. The summed E-state index contributed by atoms with van der Waals surface area (Å²) in [5.74, 6) is 1.01. The highest BCUT2D eigenvalue weighted by Crippen LogP contribution is 2.24. The zero-order valence-corrected chi connectivity index (χ0v) is 21.2. The van der Waals surface area contributed by atoms with E-state index in [4.69, 9.17) is 5.11 Å². The fourth-order valence-electron chi connectivity index (χ4n) is 4.79. The van der Waals surface area contributed by atoms with Crippen LogP contribution in [-0.2, 0) is 4.79 Å². The molecule has 2 nitrogen and oxygen atoms in total. The molecular formula is C28H54O2. The van der Waals surface area contributed by atoms with E-state index < -0.39 is 5.97 Å². The van der Waals surface area contributed by atoms with Gasteiger partial charge in [0.15, 0.2) is 0 Å². The smallest absolute Gasteiger partial charge is 0.330 e. The zero-order valence-electron chi connectivity index (χ0n) is 21.2.